The lowest BCUT2D eigenvalue weighted by atomic mass is 10.3. The zero-order chi connectivity index (χ0) is 12.0. The summed E-state index contributed by atoms with van der Waals surface area (Å²) in [5.74, 6) is 0.871. The fraction of sp³-hybridized carbons (Fsp3) is 0.667. The molecule has 0 radical (unpaired) electrons. The summed E-state index contributed by atoms with van der Waals surface area (Å²) < 4.78 is 0. The van der Waals surface area contributed by atoms with E-state index in [4.69, 9.17) is 0 Å². The quantitative estimate of drug-likeness (QED) is 0.797. The second-order valence-electron chi connectivity index (χ2n) is 3.88. The van der Waals surface area contributed by atoms with E-state index in [1.54, 1.807) is 6.20 Å². The summed E-state index contributed by atoms with van der Waals surface area (Å²) in [4.78, 5) is 11.1. The van der Waals surface area contributed by atoms with Crippen LogP contribution in [0.1, 0.15) is 25.2 Å². The average molecular weight is 222 g/mol. The van der Waals surface area contributed by atoms with Gasteiger partial charge < -0.3 is 10.2 Å². The Kier molecular flexibility index (Phi) is 5.19. The molecule has 0 aliphatic carbocycles. The van der Waals surface area contributed by atoms with Crippen molar-refractivity contribution in [3.8, 4) is 0 Å². The molecule has 1 aromatic heterocycles. The third-order valence-corrected chi connectivity index (χ3v) is 2.82. The van der Waals surface area contributed by atoms with Crippen LogP contribution >= 0.6 is 0 Å². The van der Waals surface area contributed by atoms with Crippen molar-refractivity contribution in [2.24, 2.45) is 0 Å². The van der Waals surface area contributed by atoms with E-state index in [0.29, 0.717) is 0 Å². The molecule has 0 aliphatic heterocycles. The first-order valence-corrected chi connectivity index (χ1v) is 5.93. The van der Waals surface area contributed by atoms with E-state index in [1.165, 1.54) is 0 Å². The molecule has 0 aliphatic rings. The van der Waals surface area contributed by atoms with Crippen LogP contribution in [0.5, 0.6) is 0 Å². The number of rotatable bonds is 6. The molecule has 4 nitrogen and oxygen atoms in total. The molecule has 0 atom stereocenters. The zero-order valence-corrected chi connectivity index (χ0v) is 10.7. The Morgan fingerprint density at radius 3 is 2.44 bits per heavy atom. The molecule has 0 amide bonds. The first-order chi connectivity index (χ1) is 7.67. The van der Waals surface area contributed by atoms with Gasteiger partial charge in [-0.2, -0.15) is 0 Å². The molecule has 0 spiro atoms. The van der Waals surface area contributed by atoms with E-state index in [-0.39, 0.29) is 0 Å². The highest BCUT2D eigenvalue weighted by Gasteiger charge is 2.00. The van der Waals surface area contributed by atoms with Gasteiger partial charge in [0.05, 0.1) is 17.6 Å². The largest absolute Gasteiger partial charge is 0.368 e. The standard InChI is InChI=1S/C12H22N4/c1-5-16(6-2)8-7-13-12-9-14-10(3)11(4)15-12/h9H,5-8H2,1-4H3,(H,13,15). The zero-order valence-electron chi connectivity index (χ0n) is 10.7. The van der Waals surface area contributed by atoms with Crippen LogP contribution in [0.2, 0.25) is 0 Å². The fourth-order valence-corrected chi connectivity index (χ4v) is 1.51. The molecular formula is C12H22N4. The number of nitrogens with one attached hydrogen (secondary N) is 1. The first-order valence-electron chi connectivity index (χ1n) is 5.93. The van der Waals surface area contributed by atoms with Crippen LogP contribution in [0.15, 0.2) is 6.20 Å². The lowest BCUT2D eigenvalue weighted by Crippen LogP contribution is -2.28. The number of hydrogen-bond donors (Lipinski definition) is 1. The lowest BCUT2D eigenvalue weighted by molar-refractivity contribution is 0.316. The first kappa shape index (κ1) is 12.9. The van der Waals surface area contributed by atoms with Gasteiger partial charge in [0, 0.05) is 13.1 Å². The summed E-state index contributed by atoms with van der Waals surface area (Å²) in [6, 6.07) is 0. The number of hydrogen-bond acceptors (Lipinski definition) is 4. The highest BCUT2D eigenvalue weighted by molar-refractivity contribution is 5.33. The van der Waals surface area contributed by atoms with Crippen LogP contribution in [0.4, 0.5) is 5.82 Å². The molecule has 0 fully saturated rings. The maximum absolute atomic E-state index is 4.43. The third kappa shape index (κ3) is 3.77. The van der Waals surface area contributed by atoms with Gasteiger partial charge in [-0.15, -0.1) is 0 Å². The molecule has 0 aromatic carbocycles. The molecule has 1 heterocycles. The lowest BCUT2D eigenvalue weighted by Gasteiger charge is -2.18. The summed E-state index contributed by atoms with van der Waals surface area (Å²) in [6.07, 6.45) is 1.80. The minimum absolute atomic E-state index is 0.871. The normalized spacial score (nSPS) is 10.8. The Balaban J connectivity index is 2.40. The minimum atomic E-state index is 0.871. The van der Waals surface area contributed by atoms with Gasteiger partial charge in [-0.1, -0.05) is 13.8 Å². The Morgan fingerprint density at radius 2 is 1.88 bits per heavy atom. The Bertz CT molecular complexity index is 321. The molecule has 16 heavy (non-hydrogen) atoms. The monoisotopic (exact) mass is 222 g/mol. The van der Waals surface area contributed by atoms with E-state index in [2.05, 4.69) is 34.0 Å². The highest BCUT2D eigenvalue weighted by Crippen LogP contribution is 2.04. The van der Waals surface area contributed by atoms with Crippen molar-refractivity contribution in [1.29, 1.82) is 0 Å². The van der Waals surface area contributed by atoms with Crippen molar-refractivity contribution in [3.05, 3.63) is 17.6 Å². The van der Waals surface area contributed by atoms with Gasteiger partial charge in [0.25, 0.3) is 0 Å². The Hall–Kier alpha value is -1.16. The molecule has 0 unspecified atom stereocenters. The summed E-state index contributed by atoms with van der Waals surface area (Å²) in [5.41, 5.74) is 1.99. The fourth-order valence-electron chi connectivity index (χ4n) is 1.51. The van der Waals surface area contributed by atoms with Crippen LogP contribution in [-0.4, -0.2) is 41.0 Å². The summed E-state index contributed by atoms with van der Waals surface area (Å²) >= 11 is 0. The van der Waals surface area contributed by atoms with Crippen molar-refractivity contribution < 1.29 is 0 Å². The topological polar surface area (TPSA) is 41.0 Å². The van der Waals surface area contributed by atoms with E-state index in [9.17, 15) is 0 Å². The van der Waals surface area contributed by atoms with Crippen molar-refractivity contribution in [1.82, 2.24) is 14.9 Å². The number of aryl methyl sites for hydroxylation is 2. The SMILES string of the molecule is CCN(CC)CCNc1cnc(C)c(C)n1. The second-order valence-corrected chi connectivity index (χ2v) is 3.88. The highest BCUT2D eigenvalue weighted by atomic mass is 15.1. The molecule has 0 saturated heterocycles. The molecule has 4 heteroatoms. The summed E-state index contributed by atoms with van der Waals surface area (Å²) in [6.45, 7) is 12.5. The molecule has 90 valence electrons. The van der Waals surface area contributed by atoms with Gasteiger partial charge in [0.15, 0.2) is 0 Å². The number of anilines is 1. The summed E-state index contributed by atoms with van der Waals surface area (Å²) in [7, 11) is 0. The smallest absolute Gasteiger partial charge is 0.144 e. The molecule has 1 rings (SSSR count). The average Bonchev–Trinajstić information content (AvgIpc) is 2.29. The Morgan fingerprint density at radius 1 is 1.19 bits per heavy atom. The molecule has 1 N–H and O–H groups in total. The molecule has 0 bridgehead atoms. The maximum Gasteiger partial charge on any atom is 0.144 e. The van der Waals surface area contributed by atoms with Crippen LogP contribution < -0.4 is 5.32 Å². The van der Waals surface area contributed by atoms with Crippen LogP contribution in [0.25, 0.3) is 0 Å². The van der Waals surface area contributed by atoms with Crippen LogP contribution in [0, 0.1) is 13.8 Å². The van der Waals surface area contributed by atoms with E-state index in [1.807, 2.05) is 13.8 Å². The third-order valence-electron chi connectivity index (χ3n) is 2.82. The number of likely N-dealkylation sites (N-methyl/N-ethyl adjacent to an activating group) is 1. The molecular weight excluding hydrogens is 200 g/mol. The van der Waals surface area contributed by atoms with E-state index >= 15 is 0 Å². The van der Waals surface area contributed by atoms with Crippen molar-refractivity contribution in [2.45, 2.75) is 27.7 Å². The van der Waals surface area contributed by atoms with Gasteiger partial charge in [0.2, 0.25) is 0 Å². The van der Waals surface area contributed by atoms with Gasteiger partial charge in [-0.25, -0.2) is 4.98 Å². The Labute approximate surface area is 98.1 Å². The van der Waals surface area contributed by atoms with Crippen molar-refractivity contribution >= 4 is 5.82 Å². The predicted octanol–water partition coefficient (Wildman–Crippen LogP) is 1.85. The predicted molar refractivity (Wildman–Crippen MR) is 67.8 cm³/mol. The van der Waals surface area contributed by atoms with Crippen LogP contribution in [-0.2, 0) is 0 Å². The number of aromatic nitrogens is 2. The van der Waals surface area contributed by atoms with Crippen molar-refractivity contribution in [2.75, 3.05) is 31.5 Å². The second kappa shape index (κ2) is 6.43. The van der Waals surface area contributed by atoms with Crippen LogP contribution in [0.3, 0.4) is 0 Å². The van der Waals surface area contributed by atoms with Gasteiger partial charge in [-0.3, -0.25) is 4.98 Å². The van der Waals surface area contributed by atoms with E-state index < -0.39 is 0 Å². The number of nitrogens with zero attached hydrogens (tertiary/aromatic N) is 3. The minimum Gasteiger partial charge on any atom is -0.368 e. The van der Waals surface area contributed by atoms with Gasteiger partial charge >= 0.3 is 0 Å². The molecule has 1 aromatic rings. The maximum atomic E-state index is 4.43. The molecule has 0 saturated carbocycles. The summed E-state index contributed by atoms with van der Waals surface area (Å²) in [5, 5.41) is 3.30. The van der Waals surface area contributed by atoms with Gasteiger partial charge in [0.1, 0.15) is 5.82 Å². The van der Waals surface area contributed by atoms with Crippen molar-refractivity contribution in [3.63, 3.8) is 0 Å². The van der Waals surface area contributed by atoms with Gasteiger partial charge in [-0.05, 0) is 26.9 Å². The van der Waals surface area contributed by atoms with E-state index in [0.717, 1.165) is 43.4 Å².